The standard InChI is InChI=1S/C8H14N2O2/c1-12-8(11)10-7-4-9-3-5-2-6(5)7/h5-7,9H,2-4H2,1H3,(H,10,11). The third-order valence-corrected chi connectivity index (χ3v) is 2.75. The molecule has 4 heteroatoms. The molecule has 0 spiro atoms. The van der Waals surface area contributed by atoms with Crippen LogP contribution in [0.2, 0.25) is 0 Å². The molecule has 0 bridgehead atoms. The molecule has 2 fully saturated rings. The smallest absolute Gasteiger partial charge is 0.407 e. The van der Waals surface area contributed by atoms with Gasteiger partial charge in [0.1, 0.15) is 0 Å². The number of rotatable bonds is 1. The van der Waals surface area contributed by atoms with Crippen LogP contribution >= 0.6 is 0 Å². The predicted octanol–water partition coefficient (Wildman–Crippen LogP) is -0.0497. The number of alkyl carbamates (subject to hydrolysis) is 1. The lowest BCUT2D eigenvalue weighted by Gasteiger charge is -2.22. The third-order valence-electron chi connectivity index (χ3n) is 2.75. The van der Waals surface area contributed by atoms with Crippen LogP contribution in [0.15, 0.2) is 0 Å². The molecule has 1 aliphatic heterocycles. The second-order valence-electron chi connectivity index (χ2n) is 3.56. The van der Waals surface area contributed by atoms with E-state index in [0.29, 0.717) is 5.92 Å². The third kappa shape index (κ3) is 1.39. The van der Waals surface area contributed by atoms with E-state index in [2.05, 4.69) is 15.4 Å². The Morgan fingerprint density at radius 1 is 1.58 bits per heavy atom. The van der Waals surface area contributed by atoms with Gasteiger partial charge in [0, 0.05) is 12.6 Å². The van der Waals surface area contributed by atoms with Gasteiger partial charge in [-0.3, -0.25) is 0 Å². The molecule has 2 rings (SSSR count). The largest absolute Gasteiger partial charge is 0.453 e. The van der Waals surface area contributed by atoms with Crippen LogP contribution in [0, 0.1) is 11.8 Å². The maximum absolute atomic E-state index is 10.9. The van der Waals surface area contributed by atoms with Crippen molar-refractivity contribution in [1.82, 2.24) is 10.6 Å². The van der Waals surface area contributed by atoms with Crippen molar-refractivity contribution < 1.29 is 9.53 Å². The van der Waals surface area contributed by atoms with Crippen molar-refractivity contribution >= 4 is 6.09 Å². The molecule has 0 aromatic rings. The highest BCUT2D eigenvalue weighted by Crippen LogP contribution is 2.42. The van der Waals surface area contributed by atoms with Crippen LogP contribution in [0.4, 0.5) is 4.79 Å². The molecule has 0 aromatic carbocycles. The maximum Gasteiger partial charge on any atom is 0.407 e. The molecule has 1 aliphatic carbocycles. The van der Waals surface area contributed by atoms with Gasteiger partial charge in [-0.05, 0) is 24.8 Å². The van der Waals surface area contributed by atoms with Crippen molar-refractivity contribution in [2.75, 3.05) is 20.2 Å². The zero-order valence-electron chi connectivity index (χ0n) is 7.17. The number of amides is 1. The average molecular weight is 170 g/mol. The fraction of sp³-hybridized carbons (Fsp3) is 0.875. The molecule has 3 unspecified atom stereocenters. The first-order valence-corrected chi connectivity index (χ1v) is 4.36. The van der Waals surface area contributed by atoms with Crippen LogP contribution in [-0.4, -0.2) is 32.3 Å². The summed E-state index contributed by atoms with van der Waals surface area (Å²) in [5, 5.41) is 6.12. The van der Waals surface area contributed by atoms with Crippen molar-refractivity contribution in [3.63, 3.8) is 0 Å². The molecule has 0 aromatic heterocycles. The normalized spacial score (nSPS) is 38.2. The van der Waals surface area contributed by atoms with Gasteiger partial charge in [-0.15, -0.1) is 0 Å². The molecule has 1 heterocycles. The summed E-state index contributed by atoms with van der Waals surface area (Å²) >= 11 is 0. The van der Waals surface area contributed by atoms with E-state index in [4.69, 9.17) is 0 Å². The number of hydrogen-bond acceptors (Lipinski definition) is 3. The van der Waals surface area contributed by atoms with Gasteiger partial charge in [-0.2, -0.15) is 0 Å². The minimum atomic E-state index is -0.311. The molecule has 0 radical (unpaired) electrons. The fourth-order valence-electron chi connectivity index (χ4n) is 1.94. The Kier molecular flexibility index (Phi) is 1.92. The van der Waals surface area contributed by atoms with Gasteiger partial charge in [0.05, 0.1) is 7.11 Å². The molecule has 12 heavy (non-hydrogen) atoms. The Bertz CT molecular complexity index is 195. The van der Waals surface area contributed by atoms with Crippen LogP contribution in [0.1, 0.15) is 6.42 Å². The number of nitrogens with one attached hydrogen (secondary N) is 2. The molecule has 2 N–H and O–H groups in total. The summed E-state index contributed by atoms with van der Waals surface area (Å²) in [7, 11) is 1.40. The highest BCUT2D eigenvalue weighted by molar-refractivity contribution is 5.67. The number of piperidine rings is 1. The lowest BCUT2D eigenvalue weighted by molar-refractivity contribution is 0.163. The van der Waals surface area contributed by atoms with Crippen molar-refractivity contribution in [3.05, 3.63) is 0 Å². The number of hydrogen-bond donors (Lipinski definition) is 2. The van der Waals surface area contributed by atoms with Crippen molar-refractivity contribution in [3.8, 4) is 0 Å². The number of fused-ring (bicyclic) bond motifs is 1. The van der Waals surface area contributed by atoms with Gasteiger partial charge in [-0.1, -0.05) is 0 Å². The lowest BCUT2D eigenvalue weighted by atomic mass is 10.1. The highest BCUT2D eigenvalue weighted by atomic mass is 16.5. The highest BCUT2D eigenvalue weighted by Gasteiger charge is 2.45. The quantitative estimate of drug-likeness (QED) is 0.580. The zero-order valence-corrected chi connectivity index (χ0v) is 7.17. The average Bonchev–Trinajstić information content (AvgIpc) is 2.84. The number of carbonyl (C=O) groups is 1. The monoisotopic (exact) mass is 170 g/mol. The minimum absolute atomic E-state index is 0.288. The number of ether oxygens (including phenoxy) is 1. The summed E-state index contributed by atoms with van der Waals surface area (Å²) in [4.78, 5) is 10.9. The Labute approximate surface area is 71.7 Å². The first-order valence-electron chi connectivity index (χ1n) is 4.36. The van der Waals surface area contributed by atoms with Gasteiger partial charge in [0.15, 0.2) is 0 Å². The molecule has 3 atom stereocenters. The topological polar surface area (TPSA) is 50.4 Å². The van der Waals surface area contributed by atoms with Crippen LogP contribution in [-0.2, 0) is 4.74 Å². The van der Waals surface area contributed by atoms with E-state index in [1.54, 1.807) is 0 Å². The van der Waals surface area contributed by atoms with Crippen molar-refractivity contribution in [1.29, 1.82) is 0 Å². The van der Waals surface area contributed by atoms with Crippen LogP contribution in [0.5, 0.6) is 0 Å². The van der Waals surface area contributed by atoms with Gasteiger partial charge in [0.25, 0.3) is 0 Å². The fourth-order valence-corrected chi connectivity index (χ4v) is 1.94. The zero-order chi connectivity index (χ0) is 8.55. The van der Waals surface area contributed by atoms with E-state index in [-0.39, 0.29) is 12.1 Å². The molecule has 4 nitrogen and oxygen atoms in total. The maximum atomic E-state index is 10.9. The van der Waals surface area contributed by atoms with E-state index in [1.165, 1.54) is 13.5 Å². The Morgan fingerprint density at radius 3 is 3.17 bits per heavy atom. The van der Waals surface area contributed by atoms with Gasteiger partial charge in [-0.25, -0.2) is 4.79 Å². The van der Waals surface area contributed by atoms with Crippen LogP contribution in [0.25, 0.3) is 0 Å². The van der Waals surface area contributed by atoms with E-state index in [9.17, 15) is 4.79 Å². The van der Waals surface area contributed by atoms with E-state index in [0.717, 1.165) is 19.0 Å². The Hall–Kier alpha value is -0.770. The lowest BCUT2D eigenvalue weighted by Crippen LogP contribution is -2.47. The SMILES string of the molecule is COC(=O)NC1CNCC2CC21. The molecule has 1 saturated heterocycles. The van der Waals surface area contributed by atoms with Crippen molar-refractivity contribution in [2.45, 2.75) is 12.5 Å². The molecular weight excluding hydrogens is 156 g/mol. The molecule has 1 amide bonds. The van der Waals surface area contributed by atoms with Crippen molar-refractivity contribution in [2.24, 2.45) is 11.8 Å². The summed E-state index contributed by atoms with van der Waals surface area (Å²) in [6.07, 6.45) is 0.941. The Balaban J connectivity index is 1.83. The summed E-state index contributed by atoms with van der Waals surface area (Å²) in [5.41, 5.74) is 0. The molecule has 68 valence electrons. The first kappa shape index (κ1) is 7.86. The van der Waals surface area contributed by atoms with Crippen LogP contribution < -0.4 is 10.6 Å². The second-order valence-corrected chi connectivity index (χ2v) is 3.56. The molecule has 2 aliphatic rings. The summed E-state index contributed by atoms with van der Waals surface area (Å²) in [6.45, 7) is 2.00. The number of methoxy groups -OCH3 is 1. The minimum Gasteiger partial charge on any atom is -0.453 e. The van der Waals surface area contributed by atoms with E-state index >= 15 is 0 Å². The van der Waals surface area contributed by atoms with Gasteiger partial charge in [0.2, 0.25) is 0 Å². The predicted molar refractivity (Wildman–Crippen MR) is 43.8 cm³/mol. The summed E-state index contributed by atoms with van der Waals surface area (Å²) < 4.78 is 4.54. The number of carbonyl (C=O) groups excluding carboxylic acids is 1. The second kappa shape index (κ2) is 2.94. The first-order chi connectivity index (χ1) is 5.81. The summed E-state index contributed by atoms with van der Waals surface area (Å²) in [6, 6.07) is 0.288. The van der Waals surface area contributed by atoms with E-state index < -0.39 is 0 Å². The van der Waals surface area contributed by atoms with Gasteiger partial charge < -0.3 is 15.4 Å². The Morgan fingerprint density at radius 2 is 2.42 bits per heavy atom. The molecule has 1 saturated carbocycles. The van der Waals surface area contributed by atoms with Gasteiger partial charge >= 0.3 is 6.09 Å². The van der Waals surface area contributed by atoms with E-state index in [1.807, 2.05) is 0 Å². The summed E-state index contributed by atoms with van der Waals surface area (Å²) in [5.74, 6) is 1.49. The van der Waals surface area contributed by atoms with Crippen LogP contribution in [0.3, 0.4) is 0 Å². The molecular formula is C8H14N2O2.